The molecule has 2 aromatic rings. The van der Waals surface area contributed by atoms with Crippen molar-refractivity contribution in [1.29, 1.82) is 0 Å². The van der Waals surface area contributed by atoms with Crippen molar-refractivity contribution in [1.82, 2.24) is 0 Å². The zero-order valence-corrected chi connectivity index (χ0v) is 12.4. The molecule has 0 bridgehead atoms. The topological polar surface area (TPSA) is 51.5 Å². The van der Waals surface area contributed by atoms with Gasteiger partial charge in [-0.2, -0.15) is 0 Å². The Morgan fingerprint density at radius 1 is 1.32 bits per heavy atom. The molecule has 0 aliphatic rings. The molecule has 0 aliphatic heterocycles. The average Bonchev–Trinajstić information content (AvgIpc) is 2.94. The molecule has 0 radical (unpaired) electrons. The molecule has 2 rings (SSSR count). The second kappa shape index (κ2) is 7.75. The Morgan fingerprint density at radius 2 is 2.09 bits per heavy atom. The molecule has 1 N–H and O–H groups in total. The van der Waals surface area contributed by atoms with Crippen molar-refractivity contribution in [3.8, 4) is 11.8 Å². The lowest BCUT2D eigenvalue weighted by Crippen LogP contribution is -2.14. The van der Waals surface area contributed by atoms with Crippen LogP contribution < -0.4 is 5.32 Å². The Balaban J connectivity index is 2.23. The number of ether oxygens (including phenoxy) is 1. The van der Waals surface area contributed by atoms with E-state index < -0.39 is 6.09 Å². The maximum Gasteiger partial charge on any atom is 0.411 e. The molecule has 1 amide bonds. The van der Waals surface area contributed by atoms with Crippen molar-refractivity contribution in [2.45, 2.75) is 13.3 Å². The number of para-hydroxylation sites is 1. The van der Waals surface area contributed by atoms with Gasteiger partial charge in [-0.15, -0.1) is 6.58 Å². The summed E-state index contributed by atoms with van der Waals surface area (Å²) in [6.07, 6.45) is 3.50. The first-order chi connectivity index (χ1) is 10.7. The van der Waals surface area contributed by atoms with Crippen LogP contribution in [0.1, 0.15) is 23.8 Å². The summed E-state index contributed by atoms with van der Waals surface area (Å²) < 4.78 is 10.2. The quantitative estimate of drug-likeness (QED) is 0.685. The van der Waals surface area contributed by atoms with Crippen LogP contribution in [0.4, 0.5) is 10.5 Å². The predicted molar refractivity (Wildman–Crippen MR) is 85.7 cm³/mol. The second-order valence-electron chi connectivity index (χ2n) is 4.39. The first kappa shape index (κ1) is 15.5. The number of allylic oxidation sites excluding steroid dienone is 1. The summed E-state index contributed by atoms with van der Waals surface area (Å²) in [6, 6.07) is 9.12. The third kappa shape index (κ3) is 4.03. The molecular formula is C18H17NO3. The largest absolute Gasteiger partial charge is 0.468 e. The van der Waals surface area contributed by atoms with E-state index in [9.17, 15) is 4.79 Å². The molecule has 22 heavy (non-hydrogen) atoms. The normalized spacial score (nSPS) is 9.50. The number of hydrogen-bond donors (Lipinski definition) is 1. The van der Waals surface area contributed by atoms with Crippen molar-refractivity contribution in [2.24, 2.45) is 0 Å². The molecule has 4 heteroatoms. The molecule has 0 atom stereocenters. The van der Waals surface area contributed by atoms with Gasteiger partial charge < -0.3 is 9.15 Å². The number of anilines is 1. The van der Waals surface area contributed by atoms with Crippen LogP contribution >= 0.6 is 0 Å². The highest BCUT2D eigenvalue weighted by atomic mass is 16.5. The van der Waals surface area contributed by atoms with Gasteiger partial charge in [-0.25, -0.2) is 4.79 Å². The van der Waals surface area contributed by atoms with Gasteiger partial charge in [0.05, 0.1) is 24.1 Å². The second-order valence-corrected chi connectivity index (χ2v) is 4.39. The molecular weight excluding hydrogens is 278 g/mol. The summed E-state index contributed by atoms with van der Waals surface area (Å²) >= 11 is 0. The van der Waals surface area contributed by atoms with Crippen LogP contribution in [0.5, 0.6) is 0 Å². The molecule has 0 aliphatic carbocycles. The Labute approximate surface area is 129 Å². The maximum absolute atomic E-state index is 11.5. The van der Waals surface area contributed by atoms with E-state index in [4.69, 9.17) is 9.15 Å². The Kier molecular flexibility index (Phi) is 5.44. The lowest BCUT2D eigenvalue weighted by Gasteiger charge is -2.06. The maximum atomic E-state index is 11.5. The minimum absolute atomic E-state index is 0.319. The SMILES string of the molecule is C=CCc1occc1C#Cc1ccccc1NC(=O)OCC. The fourth-order valence-corrected chi connectivity index (χ4v) is 1.85. The van der Waals surface area contributed by atoms with Crippen molar-refractivity contribution >= 4 is 11.8 Å². The number of nitrogens with one attached hydrogen (secondary N) is 1. The van der Waals surface area contributed by atoms with E-state index in [2.05, 4.69) is 23.7 Å². The molecule has 0 saturated heterocycles. The van der Waals surface area contributed by atoms with Crippen LogP contribution in [0, 0.1) is 11.8 Å². The van der Waals surface area contributed by atoms with Crippen LogP contribution in [-0.4, -0.2) is 12.7 Å². The van der Waals surface area contributed by atoms with E-state index in [-0.39, 0.29) is 0 Å². The predicted octanol–water partition coefficient (Wildman–Crippen LogP) is 3.98. The van der Waals surface area contributed by atoms with Gasteiger partial charge >= 0.3 is 6.09 Å². The first-order valence-corrected chi connectivity index (χ1v) is 6.96. The summed E-state index contributed by atoms with van der Waals surface area (Å²) in [5.41, 5.74) is 2.13. The van der Waals surface area contributed by atoms with Crippen molar-refractivity contribution in [2.75, 3.05) is 11.9 Å². The van der Waals surface area contributed by atoms with Crippen LogP contribution in [-0.2, 0) is 11.2 Å². The van der Waals surface area contributed by atoms with Crippen LogP contribution in [0.2, 0.25) is 0 Å². The summed E-state index contributed by atoms with van der Waals surface area (Å²) in [4.78, 5) is 11.5. The van der Waals surface area contributed by atoms with Gasteiger partial charge in [0.25, 0.3) is 0 Å². The van der Waals surface area contributed by atoms with E-state index in [0.717, 1.165) is 11.3 Å². The Hall–Kier alpha value is -2.93. The number of benzene rings is 1. The smallest absolute Gasteiger partial charge is 0.411 e. The molecule has 1 aromatic heterocycles. The number of carbonyl (C=O) groups is 1. The van der Waals surface area contributed by atoms with E-state index in [1.807, 2.05) is 24.3 Å². The molecule has 112 valence electrons. The molecule has 1 heterocycles. The summed E-state index contributed by atoms with van der Waals surface area (Å²) in [5, 5.41) is 2.68. The standard InChI is InChI=1S/C18H17NO3/c1-3-7-17-15(12-13-22-17)11-10-14-8-5-6-9-16(14)19-18(20)21-4-2/h3,5-6,8-9,12-13H,1,4,7H2,2H3,(H,19,20). The number of furan rings is 1. The minimum atomic E-state index is -0.493. The fraction of sp³-hybridized carbons (Fsp3) is 0.167. The van der Waals surface area contributed by atoms with Crippen molar-refractivity contribution in [3.05, 3.63) is 66.1 Å². The summed E-state index contributed by atoms with van der Waals surface area (Å²) in [5.74, 6) is 6.88. The van der Waals surface area contributed by atoms with Gasteiger partial charge in [-0.1, -0.05) is 30.0 Å². The molecule has 0 spiro atoms. The van der Waals surface area contributed by atoms with Crippen molar-refractivity contribution < 1.29 is 13.9 Å². The van der Waals surface area contributed by atoms with Gasteiger partial charge in [0.2, 0.25) is 0 Å². The summed E-state index contributed by atoms with van der Waals surface area (Å²) in [7, 11) is 0. The lowest BCUT2D eigenvalue weighted by atomic mass is 10.1. The minimum Gasteiger partial charge on any atom is -0.468 e. The van der Waals surface area contributed by atoms with Gasteiger partial charge in [0.1, 0.15) is 5.76 Å². The van der Waals surface area contributed by atoms with Crippen LogP contribution in [0.15, 0.2) is 53.7 Å². The Bertz CT molecular complexity index is 719. The van der Waals surface area contributed by atoms with Gasteiger partial charge in [-0.05, 0) is 25.1 Å². The average molecular weight is 295 g/mol. The molecule has 0 saturated carbocycles. The monoisotopic (exact) mass is 295 g/mol. The molecule has 1 aromatic carbocycles. The van der Waals surface area contributed by atoms with Crippen LogP contribution in [0.25, 0.3) is 0 Å². The van der Waals surface area contributed by atoms with E-state index in [0.29, 0.717) is 24.3 Å². The van der Waals surface area contributed by atoms with E-state index >= 15 is 0 Å². The van der Waals surface area contributed by atoms with E-state index in [1.165, 1.54) is 0 Å². The van der Waals surface area contributed by atoms with Crippen molar-refractivity contribution in [3.63, 3.8) is 0 Å². The molecule has 4 nitrogen and oxygen atoms in total. The first-order valence-electron chi connectivity index (χ1n) is 6.96. The lowest BCUT2D eigenvalue weighted by molar-refractivity contribution is 0.168. The van der Waals surface area contributed by atoms with Gasteiger partial charge in [-0.3, -0.25) is 5.32 Å². The zero-order chi connectivity index (χ0) is 15.8. The Morgan fingerprint density at radius 3 is 2.86 bits per heavy atom. The number of carbonyl (C=O) groups excluding carboxylic acids is 1. The highest BCUT2D eigenvalue weighted by molar-refractivity contribution is 5.86. The number of amides is 1. The molecule has 0 unspecified atom stereocenters. The highest BCUT2D eigenvalue weighted by Crippen LogP contribution is 2.15. The van der Waals surface area contributed by atoms with Gasteiger partial charge in [0, 0.05) is 12.0 Å². The molecule has 0 fully saturated rings. The fourth-order valence-electron chi connectivity index (χ4n) is 1.85. The highest BCUT2D eigenvalue weighted by Gasteiger charge is 2.05. The van der Waals surface area contributed by atoms with E-state index in [1.54, 1.807) is 25.3 Å². The third-order valence-corrected chi connectivity index (χ3v) is 2.85. The summed E-state index contributed by atoms with van der Waals surface area (Å²) in [6.45, 7) is 5.76. The number of rotatable bonds is 4. The zero-order valence-electron chi connectivity index (χ0n) is 12.4. The third-order valence-electron chi connectivity index (χ3n) is 2.85. The van der Waals surface area contributed by atoms with Crippen LogP contribution in [0.3, 0.4) is 0 Å². The number of hydrogen-bond acceptors (Lipinski definition) is 3. The van der Waals surface area contributed by atoms with Gasteiger partial charge in [0.15, 0.2) is 0 Å².